The Morgan fingerprint density at radius 1 is 1.06 bits per heavy atom. The van der Waals surface area contributed by atoms with E-state index in [0.717, 1.165) is 11.4 Å². The Morgan fingerprint density at radius 2 is 1.92 bits per heavy atom. The molecule has 0 bridgehead atoms. The normalized spacial score (nSPS) is 17.1. The maximum absolute atomic E-state index is 11.3. The summed E-state index contributed by atoms with van der Waals surface area (Å²) in [6.07, 6.45) is 1.73. The Labute approximate surface area is 212 Å². The number of hydrogen-bond donors (Lipinski definition) is 1. The van der Waals surface area contributed by atoms with Gasteiger partial charge in [-0.3, -0.25) is 15.1 Å². The summed E-state index contributed by atoms with van der Waals surface area (Å²) in [5.41, 5.74) is 2.11. The van der Waals surface area contributed by atoms with Crippen molar-refractivity contribution in [1.82, 2.24) is 10.3 Å². The molecule has 0 radical (unpaired) electrons. The fourth-order valence-corrected chi connectivity index (χ4v) is 4.67. The fourth-order valence-electron chi connectivity index (χ4n) is 4.33. The van der Waals surface area contributed by atoms with E-state index in [9.17, 15) is 10.1 Å². The van der Waals surface area contributed by atoms with Crippen molar-refractivity contribution in [2.75, 3.05) is 19.1 Å². The van der Waals surface area contributed by atoms with E-state index in [1.54, 1.807) is 44.7 Å². The van der Waals surface area contributed by atoms with E-state index in [1.165, 1.54) is 12.1 Å². The smallest absolute Gasteiger partial charge is 0.270 e. The zero-order chi connectivity index (χ0) is 25.2. The molecule has 10 heteroatoms. The van der Waals surface area contributed by atoms with Crippen LogP contribution in [0.3, 0.4) is 0 Å². The lowest BCUT2D eigenvalue weighted by Crippen LogP contribution is -2.29. The number of ether oxygens (including phenoxy) is 2. The Hall–Kier alpha value is -4.44. The standard InChI is InChI=1S/C26H22N4O5S/c1-33-18-9-10-20(23(15-18)34-2)29-25(24(28-26(29)36)19-8-3-4-13-27-19)22-12-11-21(35-22)16-6-5-7-17(14-16)30(31)32/h3-15,24-25H,1-2H3,(H,28,36)/t24-,25+/m1/s1. The molecule has 0 saturated carbocycles. The molecule has 9 nitrogen and oxygen atoms in total. The number of thiocarbonyl (C=S) groups is 1. The van der Waals surface area contributed by atoms with Gasteiger partial charge < -0.3 is 24.1 Å². The number of nitrogens with zero attached hydrogens (tertiary/aromatic N) is 3. The molecule has 36 heavy (non-hydrogen) atoms. The zero-order valence-corrected chi connectivity index (χ0v) is 20.3. The third-order valence-corrected chi connectivity index (χ3v) is 6.32. The Morgan fingerprint density at radius 3 is 2.64 bits per heavy atom. The molecule has 1 saturated heterocycles. The van der Waals surface area contributed by atoms with Crippen LogP contribution in [0.2, 0.25) is 0 Å². The van der Waals surface area contributed by atoms with E-state index >= 15 is 0 Å². The van der Waals surface area contributed by atoms with Crippen LogP contribution in [-0.2, 0) is 0 Å². The highest BCUT2D eigenvalue weighted by molar-refractivity contribution is 7.80. The predicted octanol–water partition coefficient (Wildman–Crippen LogP) is 5.44. The number of nitrogens with one attached hydrogen (secondary N) is 1. The van der Waals surface area contributed by atoms with Crippen LogP contribution in [0.1, 0.15) is 23.5 Å². The summed E-state index contributed by atoms with van der Waals surface area (Å²) in [5, 5.41) is 15.1. The summed E-state index contributed by atoms with van der Waals surface area (Å²) < 4.78 is 17.3. The van der Waals surface area contributed by atoms with Gasteiger partial charge in [-0.2, -0.15) is 0 Å². The minimum atomic E-state index is -0.429. The minimum Gasteiger partial charge on any atom is -0.497 e. The van der Waals surface area contributed by atoms with E-state index in [2.05, 4.69) is 10.3 Å². The maximum atomic E-state index is 11.3. The molecule has 2 aromatic carbocycles. The lowest BCUT2D eigenvalue weighted by molar-refractivity contribution is -0.384. The van der Waals surface area contributed by atoms with Crippen molar-refractivity contribution in [2.45, 2.75) is 12.1 Å². The summed E-state index contributed by atoms with van der Waals surface area (Å²) in [5.74, 6) is 2.35. The quantitative estimate of drug-likeness (QED) is 0.201. The SMILES string of the molecule is COc1ccc(N2C(=S)N[C@H](c3ccccn3)[C@@H]2c2ccc(-c3cccc([N+](=O)[O-])c3)o2)c(OC)c1. The molecule has 4 aromatic rings. The highest BCUT2D eigenvalue weighted by atomic mass is 32.1. The van der Waals surface area contributed by atoms with Gasteiger partial charge in [-0.05, 0) is 48.6 Å². The molecule has 1 aliphatic heterocycles. The third kappa shape index (κ3) is 4.22. The Bertz CT molecular complexity index is 1420. The van der Waals surface area contributed by atoms with Gasteiger partial charge in [0.15, 0.2) is 5.11 Å². The van der Waals surface area contributed by atoms with Crippen molar-refractivity contribution < 1.29 is 18.8 Å². The van der Waals surface area contributed by atoms with Gasteiger partial charge in [0.2, 0.25) is 0 Å². The molecule has 0 amide bonds. The summed E-state index contributed by atoms with van der Waals surface area (Å²) in [7, 11) is 3.18. The highest BCUT2D eigenvalue weighted by Gasteiger charge is 2.43. The molecular weight excluding hydrogens is 480 g/mol. The third-order valence-electron chi connectivity index (χ3n) is 6.00. The monoisotopic (exact) mass is 502 g/mol. The van der Waals surface area contributed by atoms with Gasteiger partial charge in [0.05, 0.1) is 36.6 Å². The van der Waals surface area contributed by atoms with Crippen molar-refractivity contribution in [3.8, 4) is 22.8 Å². The van der Waals surface area contributed by atoms with E-state index in [4.69, 9.17) is 26.1 Å². The molecule has 5 rings (SSSR count). The number of anilines is 1. The van der Waals surface area contributed by atoms with Crippen molar-refractivity contribution in [3.63, 3.8) is 0 Å². The minimum absolute atomic E-state index is 0.00915. The van der Waals surface area contributed by atoms with Gasteiger partial charge >= 0.3 is 0 Å². The maximum Gasteiger partial charge on any atom is 0.270 e. The largest absolute Gasteiger partial charge is 0.497 e. The lowest BCUT2D eigenvalue weighted by atomic mass is 10.0. The number of methoxy groups -OCH3 is 2. The average molecular weight is 503 g/mol. The van der Waals surface area contributed by atoms with Gasteiger partial charge in [-0.1, -0.05) is 18.2 Å². The van der Waals surface area contributed by atoms with E-state index in [0.29, 0.717) is 33.7 Å². The van der Waals surface area contributed by atoms with Crippen molar-refractivity contribution in [3.05, 3.63) is 101 Å². The Balaban J connectivity index is 1.62. The highest BCUT2D eigenvalue weighted by Crippen LogP contribution is 2.46. The van der Waals surface area contributed by atoms with Gasteiger partial charge in [-0.25, -0.2) is 0 Å². The first-order valence-electron chi connectivity index (χ1n) is 11.1. The fraction of sp³-hybridized carbons (Fsp3) is 0.154. The van der Waals surface area contributed by atoms with Gasteiger partial charge in [0.1, 0.15) is 29.1 Å². The number of pyridine rings is 1. The first kappa shape index (κ1) is 23.3. The predicted molar refractivity (Wildman–Crippen MR) is 138 cm³/mol. The number of nitro groups is 1. The second-order valence-electron chi connectivity index (χ2n) is 8.04. The molecule has 2 aromatic heterocycles. The second kappa shape index (κ2) is 9.67. The number of hydrogen-bond acceptors (Lipinski definition) is 7. The van der Waals surface area contributed by atoms with Gasteiger partial charge in [0.25, 0.3) is 5.69 Å². The number of non-ortho nitro benzene ring substituents is 1. The number of rotatable bonds is 7. The van der Waals surface area contributed by atoms with Gasteiger partial charge in [0, 0.05) is 30.0 Å². The number of furan rings is 1. The van der Waals surface area contributed by atoms with Crippen molar-refractivity contribution in [1.29, 1.82) is 0 Å². The first-order chi connectivity index (χ1) is 17.5. The second-order valence-corrected chi connectivity index (χ2v) is 8.43. The molecule has 182 valence electrons. The molecule has 0 unspecified atom stereocenters. The number of benzene rings is 2. The van der Waals surface area contributed by atoms with Crippen LogP contribution in [0.5, 0.6) is 11.5 Å². The molecule has 1 aliphatic rings. The number of nitro benzene ring substituents is 1. The van der Waals surface area contributed by atoms with Crippen molar-refractivity contribution >= 4 is 28.7 Å². The van der Waals surface area contributed by atoms with E-state index in [-0.39, 0.29) is 11.7 Å². The lowest BCUT2D eigenvalue weighted by Gasteiger charge is -2.27. The van der Waals surface area contributed by atoms with Crippen LogP contribution in [0, 0.1) is 10.1 Å². The Kier molecular flexibility index (Phi) is 6.26. The van der Waals surface area contributed by atoms with Crippen LogP contribution in [0.15, 0.2) is 83.4 Å². The molecule has 1 N–H and O–H groups in total. The summed E-state index contributed by atoms with van der Waals surface area (Å²) in [6, 6.07) is 20.4. The summed E-state index contributed by atoms with van der Waals surface area (Å²) in [6.45, 7) is 0. The van der Waals surface area contributed by atoms with Gasteiger partial charge in [-0.15, -0.1) is 0 Å². The van der Waals surface area contributed by atoms with Crippen LogP contribution < -0.4 is 19.7 Å². The van der Waals surface area contributed by atoms with Crippen LogP contribution >= 0.6 is 12.2 Å². The molecular formula is C26H22N4O5S. The molecule has 3 heterocycles. The molecule has 0 spiro atoms. The van der Waals surface area contributed by atoms with E-state index in [1.807, 2.05) is 41.3 Å². The zero-order valence-electron chi connectivity index (χ0n) is 19.5. The molecule has 0 aliphatic carbocycles. The average Bonchev–Trinajstić information content (AvgIpc) is 3.53. The molecule has 1 fully saturated rings. The van der Waals surface area contributed by atoms with Crippen LogP contribution in [-0.4, -0.2) is 29.2 Å². The molecule has 2 atom stereocenters. The first-order valence-corrected chi connectivity index (χ1v) is 11.5. The number of aromatic nitrogens is 1. The summed E-state index contributed by atoms with van der Waals surface area (Å²) in [4.78, 5) is 17.3. The van der Waals surface area contributed by atoms with Crippen LogP contribution in [0.4, 0.5) is 11.4 Å². The topological polar surface area (TPSA) is 103 Å². The summed E-state index contributed by atoms with van der Waals surface area (Å²) >= 11 is 5.78. The van der Waals surface area contributed by atoms with E-state index < -0.39 is 11.0 Å². The van der Waals surface area contributed by atoms with Crippen LogP contribution in [0.25, 0.3) is 11.3 Å². The van der Waals surface area contributed by atoms with Crippen molar-refractivity contribution in [2.24, 2.45) is 0 Å².